The minimum atomic E-state index is 0.367. The molecule has 0 unspecified atom stereocenters. The summed E-state index contributed by atoms with van der Waals surface area (Å²) < 4.78 is 5.67. The molecular weight excluding hydrogens is 285 g/mol. The van der Waals surface area contributed by atoms with Gasteiger partial charge in [0.15, 0.2) is 0 Å². The van der Waals surface area contributed by atoms with Gasteiger partial charge in [-0.1, -0.05) is 36.2 Å². The quantitative estimate of drug-likeness (QED) is 0.919. The van der Waals surface area contributed by atoms with Gasteiger partial charge in [-0.25, -0.2) is 4.98 Å². The third-order valence-corrected chi connectivity index (χ3v) is 3.25. The zero-order valence-corrected chi connectivity index (χ0v) is 12.1. The first-order valence-electron chi connectivity index (χ1n) is 5.81. The van der Waals surface area contributed by atoms with Crippen molar-refractivity contribution in [1.29, 1.82) is 0 Å². The minimum absolute atomic E-state index is 0.367. The van der Waals surface area contributed by atoms with Crippen LogP contribution in [0.1, 0.15) is 12.7 Å². The number of anilines is 1. The molecule has 0 saturated heterocycles. The SMILES string of the molecule is CCc1nc(NC)cc(Oc2cccc(Cl)c2Cl)n1. The predicted molar refractivity (Wildman–Crippen MR) is 77.5 cm³/mol. The van der Waals surface area contributed by atoms with Gasteiger partial charge in [0.2, 0.25) is 5.88 Å². The maximum atomic E-state index is 6.07. The van der Waals surface area contributed by atoms with E-state index in [4.69, 9.17) is 27.9 Å². The monoisotopic (exact) mass is 297 g/mol. The van der Waals surface area contributed by atoms with E-state index in [1.54, 1.807) is 31.3 Å². The Bertz CT molecular complexity index is 568. The van der Waals surface area contributed by atoms with Crippen LogP contribution in [0.2, 0.25) is 10.0 Å². The van der Waals surface area contributed by atoms with E-state index >= 15 is 0 Å². The van der Waals surface area contributed by atoms with Gasteiger partial charge in [-0.05, 0) is 12.1 Å². The van der Waals surface area contributed by atoms with Gasteiger partial charge in [0.1, 0.15) is 22.4 Å². The molecule has 0 aliphatic carbocycles. The van der Waals surface area contributed by atoms with Gasteiger partial charge in [0.05, 0.1) is 5.02 Å². The number of ether oxygens (including phenoxy) is 1. The first-order valence-corrected chi connectivity index (χ1v) is 6.57. The third kappa shape index (κ3) is 3.28. The topological polar surface area (TPSA) is 47.0 Å². The second kappa shape index (κ2) is 6.08. The highest BCUT2D eigenvalue weighted by Crippen LogP contribution is 2.34. The summed E-state index contributed by atoms with van der Waals surface area (Å²) >= 11 is 12.0. The standard InChI is InChI=1S/C13H13Cl2N3O/c1-3-10-17-11(16-2)7-12(18-10)19-9-6-4-5-8(14)13(9)15/h4-7H,3H2,1-2H3,(H,16,17,18). The predicted octanol–water partition coefficient (Wildman–Crippen LogP) is 4.18. The van der Waals surface area contributed by atoms with Crippen molar-refractivity contribution < 1.29 is 4.74 Å². The second-order valence-corrected chi connectivity index (χ2v) is 4.55. The molecule has 0 aliphatic rings. The van der Waals surface area contributed by atoms with Gasteiger partial charge in [0.25, 0.3) is 0 Å². The van der Waals surface area contributed by atoms with Gasteiger partial charge in [-0.3, -0.25) is 0 Å². The van der Waals surface area contributed by atoms with Crippen molar-refractivity contribution in [3.8, 4) is 11.6 Å². The van der Waals surface area contributed by atoms with E-state index in [9.17, 15) is 0 Å². The van der Waals surface area contributed by atoms with E-state index in [1.165, 1.54) is 0 Å². The van der Waals surface area contributed by atoms with Gasteiger partial charge in [0, 0.05) is 19.5 Å². The average Bonchev–Trinajstić information content (AvgIpc) is 2.43. The molecule has 0 amide bonds. The van der Waals surface area contributed by atoms with Crippen LogP contribution in [0.3, 0.4) is 0 Å². The molecule has 0 spiro atoms. The lowest BCUT2D eigenvalue weighted by atomic mass is 10.3. The Kier molecular flexibility index (Phi) is 4.45. The number of aryl methyl sites for hydroxylation is 1. The Morgan fingerprint density at radius 3 is 2.74 bits per heavy atom. The molecule has 2 aromatic rings. The molecule has 1 N–H and O–H groups in total. The number of rotatable bonds is 4. The molecule has 2 rings (SSSR count). The minimum Gasteiger partial charge on any atom is -0.437 e. The largest absolute Gasteiger partial charge is 0.437 e. The van der Waals surface area contributed by atoms with E-state index in [0.717, 1.165) is 6.42 Å². The van der Waals surface area contributed by atoms with Crippen LogP contribution in [0.4, 0.5) is 5.82 Å². The van der Waals surface area contributed by atoms with Crippen LogP contribution in [0.25, 0.3) is 0 Å². The molecule has 19 heavy (non-hydrogen) atoms. The molecule has 0 atom stereocenters. The average molecular weight is 298 g/mol. The zero-order chi connectivity index (χ0) is 13.8. The van der Waals surface area contributed by atoms with E-state index < -0.39 is 0 Å². The summed E-state index contributed by atoms with van der Waals surface area (Å²) in [5.74, 6) is 2.29. The summed E-state index contributed by atoms with van der Waals surface area (Å²) in [4.78, 5) is 8.58. The number of benzene rings is 1. The molecule has 0 aliphatic heterocycles. The molecular formula is C13H13Cl2N3O. The lowest BCUT2D eigenvalue weighted by Crippen LogP contribution is -2.01. The highest BCUT2D eigenvalue weighted by atomic mass is 35.5. The maximum absolute atomic E-state index is 6.07. The van der Waals surface area contributed by atoms with Crippen LogP contribution in [0.5, 0.6) is 11.6 Å². The molecule has 100 valence electrons. The van der Waals surface area contributed by atoms with Gasteiger partial charge < -0.3 is 10.1 Å². The van der Waals surface area contributed by atoms with Crippen LogP contribution in [0, 0.1) is 0 Å². The fourth-order valence-electron chi connectivity index (χ4n) is 1.49. The van der Waals surface area contributed by atoms with E-state index in [0.29, 0.717) is 33.3 Å². The smallest absolute Gasteiger partial charge is 0.224 e. The van der Waals surface area contributed by atoms with E-state index in [2.05, 4.69) is 15.3 Å². The third-order valence-electron chi connectivity index (χ3n) is 2.45. The van der Waals surface area contributed by atoms with Crippen molar-refractivity contribution in [1.82, 2.24) is 9.97 Å². The number of nitrogens with one attached hydrogen (secondary N) is 1. The Labute approximate surface area is 121 Å². The first-order chi connectivity index (χ1) is 9.13. The fourth-order valence-corrected chi connectivity index (χ4v) is 1.82. The molecule has 4 nitrogen and oxygen atoms in total. The summed E-state index contributed by atoms with van der Waals surface area (Å²) in [7, 11) is 1.79. The lowest BCUT2D eigenvalue weighted by Gasteiger charge is -2.10. The number of hydrogen-bond donors (Lipinski definition) is 1. The molecule has 0 radical (unpaired) electrons. The Morgan fingerprint density at radius 1 is 1.26 bits per heavy atom. The second-order valence-electron chi connectivity index (χ2n) is 3.77. The molecule has 6 heteroatoms. The lowest BCUT2D eigenvalue weighted by molar-refractivity contribution is 0.459. The van der Waals surface area contributed by atoms with Gasteiger partial charge >= 0.3 is 0 Å². The fraction of sp³-hybridized carbons (Fsp3) is 0.231. The molecule has 0 fully saturated rings. The summed E-state index contributed by atoms with van der Waals surface area (Å²) in [6.45, 7) is 1.98. The summed E-state index contributed by atoms with van der Waals surface area (Å²) in [6.07, 6.45) is 0.717. The van der Waals surface area contributed by atoms with Gasteiger partial charge in [-0.2, -0.15) is 4.98 Å². The summed E-state index contributed by atoms with van der Waals surface area (Å²) in [5.41, 5.74) is 0. The van der Waals surface area contributed by atoms with Crippen LogP contribution < -0.4 is 10.1 Å². The highest BCUT2D eigenvalue weighted by molar-refractivity contribution is 6.42. The van der Waals surface area contributed by atoms with Crippen molar-refractivity contribution in [2.45, 2.75) is 13.3 Å². The van der Waals surface area contributed by atoms with E-state index in [1.807, 2.05) is 6.92 Å². The van der Waals surface area contributed by atoms with Crippen molar-refractivity contribution in [3.05, 3.63) is 40.1 Å². The number of halogens is 2. The summed E-state index contributed by atoms with van der Waals surface area (Å²) in [6, 6.07) is 6.91. The number of nitrogens with zero attached hydrogens (tertiary/aromatic N) is 2. The van der Waals surface area contributed by atoms with Crippen molar-refractivity contribution in [3.63, 3.8) is 0 Å². The Hall–Kier alpha value is -1.52. The molecule has 1 aromatic carbocycles. The van der Waals surface area contributed by atoms with Crippen molar-refractivity contribution >= 4 is 29.0 Å². The van der Waals surface area contributed by atoms with Gasteiger partial charge in [-0.15, -0.1) is 0 Å². The first kappa shape index (κ1) is 13.9. The number of hydrogen-bond acceptors (Lipinski definition) is 4. The van der Waals surface area contributed by atoms with Crippen molar-refractivity contribution in [2.75, 3.05) is 12.4 Å². The zero-order valence-electron chi connectivity index (χ0n) is 10.6. The van der Waals surface area contributed by atoms with Crippen LogP contribution in [0.15, 0.2) is 24.3 Å². The van der Waals surface area contributed by atoms with Crippen molar-refractivity contribution in [2.24, 2.45) is 0 Å². The van der Waals surface area contributed by atoms with Crippen LogP contribution in [-0.2, 0) is 6.42 Å². The van der Waals surface area contributed by atoms with Crippen LogP contribution >= 0.6 is 23.2 Å². The number of aromatic nitrogens is 2. The van der Waals surface area contributed by atoms with E-state index in [-0.39, 0.29) is 0 Å². The molecule has 0 saturated carbocycles. The van der Waals surface area contributed by atoms with Crippen LogP contribution in [-0.4, -0.2) is 17.0 Å². The molecule has 0 bridgehead atoms. The molecule has 1 heterocycles. The molecule has 1 aromatic heterocycles. The maximum Gasteiger partial charge on any atom is 0.224 e. The highest BCUT2D eigenvalue weighted by Gasteiger charge is 2.09. The summed E-state index contributed by atoms with van der Waals surface area (Å²) in [5, 5.41) is 3.77. The Morgan fingerprint density at radius 2 is 2.05 bits per heavy atom. The normalized spacial score (nSPS) is 10.3. The Balaban J connectivity index is 2.34.